The third-order valence-electron chi connectivity index (χ3n) is 0.682. The quantitative estimate of drug-likeness (QED) is 0.441. The van der Waals surface area contributed by atoms with Crippen LogP contribution in [0.25, 0.3) is 0 Å². The normalized spacial score (nSPS) is 11.5. The lowest BCUT2D eigenvalue weighted by Gasteiger charge is -2.13. The highest BCUT2D eigenvalue weighted by Crippen LogP contribution is 2.15. The van der Waals surface area contributed by atoms with Crippen molar-refractivity contribution in [1.29, 1.82) is 0 Å². The molecule has 0 radical (unpaired) electrons. The van der Waals surface area contributed by atoms with Gasteiger partial charge in [-0.2, -0.15) is 0 Å². The third kappa shape index (κ3) is 4.40. The first-order valence-corrected chi connectivity index (χ1v) is 2.89. The lowest BCUT2D eigenvalue weighted by molar-refractivity contribution is -0.387. The van der Waals surface area contributed by atoms with Crippen LogP contribution in [0.2, 0.25) is 0 Å². The molecule has 0 aromatic heterocycles. The van der Waals surface area contributed by atoms with Gasteiger partial charge in [-0.25, -0.2) is 0 Å². The van der Waals surface area contributed by atoms with Crippen molar-refractivity contribution in [2.75, 3.05) is 13.2 Å². The van der Waals surface area contributed by atoms with Crippen molar-refractivity contribution in [1.82, 2.24) is 0 Å². The molecule has 4 heteroatoms. The topological polar surface area (TPSA) is 18.5 Å². The van der Waals surface area contributed by atoms with E-state index in [-0.39, 0.29) is 13.2 Å². The summed E-state index contributed by atoms with van der Waals surface area (Å²) in [5.74, 6) is 0. The molecule has 0 spiro atoms. The molecule has 0 N–H and O–H groups in total. The molecule has 0 bridgehead atoms. The molecule has 2 nitrogen and oxygen atoms in total. The van der Waals surface area contributed by atoms with Crippen LogP contribution in [0.15, 0.2) is 12.7 Å². The van der Waals surface area contributed by atoms with E-state index >= 15 is 0 Å². The van der Waals surface area contributed by atoms with E-state index in [1.165, 1.54) is 13.0 Å². The Bertz CT molecular complexity index is 104. The fourth-order valence-electron chi connectivity index (χ4n) is 0.366. The van der Waals surface area contributed by atoms with Crippen LogP contribution >= 0.6 is 0 Å². The van der Waals surface area contributed by atoms with E-state index in [0.717, 1.165) is 0 Å². The minimum Gasteiger partial charge on any atom is -0.296 e. The Hall–Kier alpha value is -0.480. The summed E-state index contributed by atoms with van der Waals surface area (Å²) in [7, 11) is 0. The van der Waals surface area contributed by atoms with Crippen molar-refractivity contribution in [3.8, 4) is 0 Å². The molecule has 0 aromatic rings. The zero-order valence-corrected chi connectivity index (χ0v) is 5.77. The van der Waals surface area contributed by atoms with Gasteiger partial charge in [-0.3, -0.25) is 9.47 Å². The highest BCUT2D eigenvalue weighted by Gasteiger charge is 2.30. The van der Waals surface area contributed by atoms with Crippen molar-refractivity contribution in [2.24, 2.45) is 0 Å². The zero-order chi connectivity index (χ0) is 8.04. The fraction of sp³-hybridized carbons (Fsp3) is 0.667. The van der Waals surface area contributed by atoms with E-state index in [1.54, 1.807) is 0 Å². The molecule has 0 amide bonds. The molecule has 0 saturated carbocycles. The zero-order valence-electron chi connectivity index (χ0n) is 5.77. The van der Waals surface area contributed by atoms with Crippen LogP contribution in [0, 0.1) is 0 Å². The van der Waals surface area contributed by atoms with Crippen LogP contribution in [-0.2, 0) is 9.47 Å². The van der Waals surface area contributed by atoms with Gasteiger partial charge in [0.2, 0.25) is 0 Å². The Morgan fingerprint density at radius 1 is 1.50 bits per heavy atom. The molecule has 0 heterocycles. The number of rotatable bonds is 5. The molecule has 0 rings (SSSR count). The number of halogens is 2. The van der Waals surface area contributed by atoms with E-state index in [4.69, 9.17) is 0 Å². The molecule has 0 aliphatic rings. The van der Waals surface area contributed by atoms with Crippen molar-refractivity contribution in [2.45, 2.75) is 13.2 Å². The molecule has 0 saturated heterocycles. The maximum atomic E-state index is 12.1. The number of alkyl halides is 2. The summed E-state index contributed by atoms with van der Waals surface area (Å²) in [6, 6.07) is 0. The molecular weight excluding hydrogens is 142 g/mol. The smallest absolute Gasteiger partial charge is 0.296 e. The molecule has 0 aliphatic heterocycles. The van der Waals surface area contributed by atoms with Gasteiger partial charge < -0.3 is 0 Å². The van der Waals surface area contributed by atoms with Gasteiger partial charge in [0.1, 0.15) is 0 Å². The standard InChI is InChI=1S/C6H10F2O2/c1-3-5-10-6(7,8)9-4-2/h3H,1,4-5H2,2H3. The minimum atomic E-state index is -3.47. The van der Waals surface area contributed by atoms with Gasteiger partial charge in [-0.05, 0) is 6.92 Å². The Morgan fingerprint density at radius 2 is 2.10 bits per heavy atom. The maximum Gasteiger partial charge on any atom is 0.485 e. The van der Waals surface area contributed by atoms with E-state index < -0.39 is 6.29 Å². The first-order valence-electron chi connectivity index (χ1n) is 2.89. The monoisotopic (exact) mass is 152 g/mol. The highest BCUT2D eigenvalue weighted by atomic mass is 19.3. The van der Waals surface area contributed by atoms with Crippen LogP contribution in [0.5, 0.6) is 0 Å². The van der Waals surface area contributed by atoms with Gasteiger partial charge in [0, 0.05) is 0 Å². The molecule has 10 heavy (non-hydrogen) atoms. The van der Waals surface area contributed by atoms with Gasteiger partial charge in [0.25, 0.3) is 0 Å². The lowest BCUT2D eigenvalue weighted by Crippen LogP contribution is -2.24. The van der Waals surface area contributed by atoms with Gasteiger partial charge >= 0.3 is 6.29 Å². The summed E-state index contributed by atoms with van der Waals surface area (Å²) in [5.41, 5.74) is 0. The van der Waals surface area contributed by atoms with E-state index in [9.17, 15) is 8.78 Å². The van der Waals surface area contributed by atoms with Crippen LogP contribution in [0.1, 0.15) is 6.92 Å². The second kappa shape index (κ2) is 4.35. The van der Waals surface area contributed by atoms with Gasteiger partial charge in [0.15, 0.2) is 0 Å². The Kier molecular flexibility index (Phi) is 4.14. The highest BCUT2D eigenvalue weighted by molar-refractivity contribution is 4.64. The number of ether oxygens (including phenoxy) is 2. The fourth-order valence-corrected chi connectivity index (χ4v) is 0.366. The second-order valence-electron chi connectivity index (χ2n) is 1.50. The Morgan fingerprint density at radius 3 is 2.50 bits per heavy atom. The molecule has 0 atom stereocenters. The van der Waals surface area contributed by atoms with Crippen LogP contribution in [0.4, 0.5) is 8.78 Å². The minimum absolute atomic E-state index is 0.0792. The average molecular weight is 152 g/mol. The Labute approximate surface area is 58.4 Å². The van der Waals surface area contributed by atoms with Crippen molar-refractivity contribution in [3.05, 3.63) is 12.7 Å². The first-order chi connectivity index (χ1) is 4.62. The second-order valence-corrected chi connectivity index (χ2v) is 1.50. The van der Waals surface area contributed by atoms with Crippen LogP contribution in [-0.4, -0.2) is 19.5 Å². The summed E-state index contributed by atoms with van der Waals surface area (Å²) in [6.07, 6.45) is -2.24. The summed E-state index contributed by atoms with van der Waals surface area (Å²) in [6.45, 7) is 4.38. The summed E-state index contributed by atoms with van der Waals surface area (Å²) in [5, 5.41) is 0. The molecule has 0 aliphatic carbocycles. The maximum absolute atomic E-state index is 12.1. The van der Waals surface area contributed by atoms with Crippen LogP contribution < -0.4 is 0 Å². The SMILES string of the molecule is C=CCOC(F)(F)OCC. The summed E-state index contributed by atoms with van der Waals surface area (Å²) in [4.78, 5) is 0. The average Bonchev–Trinajstić information content (AvgIpc) is 1.84. The third-order valence-corrected chi connectivity index (χ3v) is 0.682. The van der Waals surface area contributed by atoms with Crippen LogP contribution in [0.3, 0.4) is 0 Å². The predicted octanol–water partition coefficient (Wildman–Crippen LogP) is 1.78. The molecule has 0 unspecified atom stereocenters. The van der Waals surface area contributed by atoms with E-state index in [1.807, 2.05) is 0 Å². The number of hydrogen-bond acceptors (Lipinski definition) is 2. The van der Waals surface area contributed by atoms with E-state index in [0.29, 0.717) is 0 Å². The molecular formula is C6H10F2O2. The lowest BCUT2D eigenvalue weighted by atomic mass is 10.7. The number of hydrogen-bond donors (Lipinski definition) is 0. The van der Waals surface area contributed by atoms with Gasteiger partial charge in [0.05, 0.1) is 13.2 Å². The first kappa shape index (κ1) is 9.52. The van der Waals surface area contributed by atoms with Crippen molar-refractivity contribution >= 4 is 0 Å². The molecule has 60 valence electrons. The van der Waals surface area contributed by atoms with Gasteiger partial charge in [-0.1, -0.05) is 6.08 Å². The predicted molar refractivity (Wildman–Crippen MR) is 32.7 cm³/mol. The molecule has 0 fully saturated rings. The largest absolute Gasteiger partial charge is 0.485 e. The van der Waals surface area contributed by atoms with E-state index in [2.05, 4.69) is 16.1 Å². The van der Waals surface area contributed by atoms with Crippen molar-refractivity contribution < 1.29 is 18.3 Å². The molecule has 0 aromatic carbocycles. The summed E-state index contributed by atoms with van der Waals surface area (Å²) >= 11 is 0. The summed E-state index contributed by atoms with van der Waals surface area (Å²) < 4.78 is 32.1. The van der Waals surface area contributed by atoms with Gasteiger partial charge in [-0.15, -0.1) is 15.4 Å². The Balaban J connectivity index is 3.51. The van der Waals surface area contributed by atoms with Crippen molar-refractivity contribution in [3.63, 3.8) is 0 Å².